The van der Waals surface area contributed by atoms with E-state index in [0.29, 0.717) is 21.2 Å². The Kier molecular flexibility index (Phi) is 6.32. The molecule has 4 rings (SSSR count). The number of hydrogen-bond acceptors (Lipinski definition) is 0. The second-order valence-electron chi connectivity index (χ2n) is 7.78. The molecule has 0 spiro atoms. The standard InChI is InChI=1S/C26H18F6IP/c27-25(28,29)19-9-7-15-23(17-19)34(33,21-11-3-1-4-12-21,22-13-5-2-6-14-22)24-16-8-10-20(18-24)26(30,31)32/h1-18H. The van der Waals surface area contributed by atoms with Crippen LogP contribution >= 0.6 is 26.3 Å². The van der Waals surface area contributed by atoms with Gasteiger partial charge < -0.3 is 0 Å². The topological polar surface area (TPSA) is 0 Å². The van der Waals surface area contributed by atoms with Crippen LogP contribution in [0.2, 0.25) is 0 Å². The zero-order chi connectivity index (χ0) is 24.6. The van der Waals surface area contributed by atoms with Gasteiger partial charge in [-0.05, 0) is 0 Å². The van der Waals surface area contributed by atoms with Crippen molar-refractivity contribution in [3.8, 4) is 0 Å². The summed E-state index contributed by atoms with van der Waals surface area (Å²) in [4.78, 5) is 0. The molecule has 0 fully saturated rings. The molecule has 0 heterocycles. The van der Waals surface area contributed by atoms with Crippen molar-refractivity contribution in [2.24, 2.45) is 0 Å². The molecule has 0 atom stereocenters. The molecule has 0 amide bonds. The molecule has 0 N–H and O–H groups in total. The van der Waals surface area contributed by atoms with Gasteiger partial charge in [-0.25, -0.2) is 0 Å². The molecule has 0 bridgehead atoms. The molecule has 0 saturated carbocycles. The van der Waals surface area contributed by atoms with Crippen molar-refractivity contribution >= 4 is 47.5 Å². The molecular weight excluding hydrogens is 584 g/mol. The number of halogens is 7. The van der Waals surface area contributed by atoms with Gasteiger partial charge in [0.2, 0.25) is 0 Å². The minimum absolute atomic E-state index is 0.318. The van der Waals surface area contributed by atoms with Crippen molar-refractivity contribution in [2.75, 3.05) is 0 Å². The Morgan fingerprint density at radius 3 is 1.09 bits per heavy atom. The zero-order valence-corrected chi connectivity index (χ0v) is 20.5. The summed E-state index contributed by atoms with van der Waals surface area (Å²) >= 11 is 2.16. The third-order valence-electron chi connectivity index (χ3n) is 5.80. The van der Waals surface area contributed by atoms with E-state index >= 15 is 0 Å². The van der Waals surface area contributed by atoms with Crippen LogP contribution in [0.3, 0.4) is 0 Å². The molecule has 176 valence electrons. The van der Waals surface area contributed by atoms with Crippen LogP contribution in [0.15, 0.2) is 109 Å². The Morgan fingerprint density at radius 1 is 0.441 bits per heavy atom. The van der Waals surface area contributed by atoms with Gasteiger partial charge in [0.05, 0.1) is 0 Å². The van der Waals surface area contributed by atoms with Crippen LogP contribution in [0.5, 0.6) is 0 Å². The van der Waals surface area contributed by atoms with Gasteiger partial charge in [-0.15, -0.1) is 0 Å². The Morgan fingerprint density at radius 2 is 0.765 bits per heavy atom. The van der Waals surface area contributed by atoms with Crippen LogP contribution in [0.25, 0.3) is 0 Å². The first-order chi connectivity index (χ1) is 16.0. The van der Waals surface area contributed by atoms with Crippen molar-refractivity contribution in [1.82, 2.24) is 0 Å². The normalized spacial score (nSPS) is 13.8. The van der Waals surface area contributed by atoms with Crippen molar-refractivity contribution in [3.63, 3.8) is 0 Å². The predicted molar refractivity (Wildman–Crippen MR) is 135 cm³/mol. The molecule has 0 nitrogen and oxygen atoms in total. The van der Waals surface area contributed by atoms with Gasteiger partial charge in [-0.1, -0.05) is 0 Å². The molecule has 0 aliphatic rings. The van der Waals surface area contributed by atoms with Gasteiger partial charge in [0.1, 0.15) is 0 Å². The van der Waals surface area contributed by atoms with Crippen LogP contribution in [0.1, 0.15) is 11.1 Å². The van der Waals surface area contributed by atoms with E-state index in [1.54, 1.807) is 72.8 Å². The molecule has 0 aromatic heterocycles. The van der Waals surface area contributed by atoms with E-state index < -0.39 is 27.7 Å². The van der Waals surface area contributed by atoms with Crippen molar-refractivity contribution < 1.29 is 26.3 Å². The Labute approximate surface area is 206 Å². The maximum absolute atomic E-state index is 13.8. The SMILES string of the molecule is FC(F)(F)c1cccc(P(I)(c2ccccc2)(c2ccccc2)c2cccc(C(F)(F)F)c2)c1. The summed E-state index contributed by atoms with van der Waals surface area (Å²) in [5.41, 5.74) is -1.70. The van der Waals surface area contributed by atoms with Crippen molar-refractivity contribution in [2.45, 2.75) is 12.4 Å². The zero-order valence-electron chi connectivity index (χ0n) is 17.5. The quantitative estimate of drug-likeness (QED) is 0.132. The van der Waals surface area contributed by atoms with Gasteiger partial charge in [0.25, 0.3) is 0 Å². The molecule has 0 aliphatic heterocycles. The first kappa shape index (κ1) is 24.7. The fourth-order valence-corrected chi connectivity index (χ4v) is 12.7. The Hall–Kier alpha value is -2.38. The summed E-state index contributed by atoms with van der Waals surface area (Å²) in [6, 6.07) is 27.5. The Bertz CT molecular complexity index is 1200. The van der Waals surface area contributed by atoms with E-state index in [9.17, 15) is 26.3 Å². The second kappa shape index (κ2) is 8.68. The van der Waals surface area contributed by atoms with Gasteiger partial charge in [-0.3, -0.25) is 0 Å². The average Bonchev–Trinajstić information content (AvgIpc) is 2.84. The van der Waals surface area contributed by atoms with E-state index in [2.05, 4.69) is 22.0 Å². The summed E-state index contributed by atoms with van der Waals surface area (Å²) in [6.07, 6.45) is -9.22. The van der Waals surface area contributed by atoms with Crippen LogP contribution in [-0.4, -0.2) is 0 Å². The van der Waals surface area contributed by atoms with E-state index in [4.69, 9.17) is 0 Å². The predicted octanol–water partition coefficient (Wildman–Crippen LogP) is 7.23. The van der Waals surface area contributed by atoms with Gasteiger partial charge in [0.15, 0.2) is 0 Å². The molecule has 0 aliphatic carbocycles. The van der Waals surface area contributed by atoms with Crippen LogP contribution in [0.4, 0.5) is 26.3 Å². The minimum atomic E-state index is -4.61. The molecule has 4 aromatic rings. The van der Waals surface area contributed by atoms with Gasteiger partial charge in [-0.2, -0.15) is 0 Å². The molecule has 8 heteroatoms. The summed E-state index contributed by atoms with van der Waals surface area (Å²) in [5, 5.41) is 1.94. The van der Waals surface area contributed by atoms with E-state index in [-0.39, 0.29) is 0 Å². The molecule has 0 radical (unpaired) electrons. The first-order valence-electron chi connectivity index (χ1n) is 10.2. The fourth-order valence-electron chi connectivity index (χ4n) is 4.20. The fraction of sp³-hybridized carbons (Fsp3) is 0.0769. The third-order valence-corrected chi connectivity index (χ3v) is 17.5. The van der Waals surface area contributed by atoms with Crippen LogP contribution in [0, 0.1) is 0 Å². The van der Waals surface area contributed by atoms with Crippen molar-refractivity contribution in [1.29, 1.82) is 0 Å². The molecule has 0 unspecified atom stereocenters. The summed E-state index contributed by atoms with van der Waals surface area (Å²) < 4.78 is 78.6. The maximum atomic E-state index is 13.8. The van der Waals surface area contributed by atoms with E-state index in [1.807, 2.05) is 0 Å². The average molecular weight is 602 g/mol. The van der Waals surface area contributed by atoms with Crippen LogP contribution < -0.4 is 21.2 Å². The molecule has 34 heavy (non-hydrogen) atoms. The number of rotatable bonds is 4. The second-order valence-corrected chi connectivity index (χ2v) is 17.6. The molecular formula is C26H18F6IP. The first-order valence-corrected chi connectivity index (χ1v) is 15.2. The third kappa shape index (κ3) is 4.03. The summed E-state index contributed by atoms with van der Waals surface area (Å²) in [7, 11) is 0. The van der Waals surface area contributed by atoms with E-state index in [1.165, 1.54) is 12.1 Å². The number of benzene rings is 4. The molecule has 4 aromatic carbocycles. The summed E-state index contributed by atoms with van der Waals surface area (Å²) in [5.74, 6) is 0. The monoisotopic (exact) mass is 602 g/mol. The van der Waals surface area contributed by atoms with Gasteiger partial charge in [0, 0.05) is 0 Å². The number of hydrogen-bond donors (Lipinski definition) is 0. The van der Waals surface area contributed by atoms with Crippen LogP contribution in [-0.2, 0) is 12.4 Å². The van der Waals surface area contributed by atoms with Gasteiger partial charge >= 0.3 is 207 Å². The Balaban J connectivity index is 2.23. The summed E-state index contributed by atoms with van der Waals surface area (Å²) in [6.45, 7) is 0. The molecule has 0 saturated heterocycles. The number of alkyl halides is 6. The van der Waals surface area contributed by atoms with Crippen molar-refractivity contribution in [3.05, 3.63) is 120 Å². The van der Waals surface area contributed by atoms with E-state index in [0.717, 1.165) is 24.3 Å².